The molecular weight excluding hydrogens is 409 g/mol. The van der Waals surface area contributed by atoms with Crippen LogP contribution in [0.25, 0.3) is 0 Å². The third kappa shape index (κ3) is 13.3. The fourth-order valence-electron chi connectivity index (χ4n) is 2.83. The lowest BCUT2D eigenvalue weighted by molar-refractivity contribution is 0.350. The Balaban J connectivity index is 4.32. The van der Waals surface area contributed by atoms with E-state index in [1.807, 2.05) is 0 Å². The molecule has 2 nitrogen and oxygen atoms in total. The molecular formula is C21H42N2S4. The molecule has 0 aromatic carbocycles. The molecule has 0 aliphatic heterocycles. The molecule has 0 bridgehead atoms. The van der Waals surface area contributed by atoms with Gasteiger partial charge in [0, 0.05) is 25.2 Å². The molecule has 0 saturated carbocycles. The second kappa shape index (κ2) is 17.3. The van der Waals surface area contributed by atoms with Gasteiger partial charge in [-0.25, -0.2) is 0 Å². The number of thiocarbonyl (C=S) groups is 2. The third-order valence-electron chi connectivity index (χ3n) is 4.59. The Kier molecular flexibility index (Phi) is 17.7. The summed E-state index contributed by atoms with van der Waals surface area (Å²) in [6.07, 6.45) is 10.3. The van der Waals surface area contributed by atoms with Gasteiger partial charge < -0.3 is 9.80 Å². The van der Waals surface area contributed by atoms with Gasteiger partial charge in [0.1, 0.15) is 8.64 Å². The quantitative estimate of drug-likeness (QED) is 0.152. The van der Waals surface area contributed by atoms with Crippen LogP contribution < -0.4 is 0 Å². The van der Waals surface area contributed by atoms with E-state index >= 15 is 0 Å². The molecule has 0 amide bonds. The van der Waals surface area contributed by atoms with E-state index in [4.69, 9.17) is 24.4 Å². The molecule has 160 valence electrons. The van der Waals surface area contributed by atoms with Crippen LogP contribution in [0.1, 0.15) is 92.9 Å². The Labute approximate surface area is 189 Å². The Bertz CT molecular complexity index is 364. The first kappa shape index (κ1) is 27.5. The topological polar surface area (TPSA) is 6.48 Å². The van der Waals surface area contributed by atoms with Crippen LogP contribution in [0.4, 0.5) is 0 Å². The van der Waals surface area contributed by atoms with Crippen LogP contribution in [-0.4, -0.2) is 48.7 Å². The van der Waals surface area contributed by atoms with Gasteiger partial charge in [0.2, 0.25) is 0 Å². The average molecular weight is 451 g/mol. The maximum absolute atomic E-state index is 5.72. The van der Waals surface area contributed by atoms with Crippen molar-refractivity contribution in [3.8, 4) is 0 Å². The molecule has 0 unspecified atom stereocenters. The van der Waals surface area contributed by atoms with Gasteiger partial charge >= 0.3 is 0 Å². The van der Waals surface area contributed by atoms with Crippen molar-refractivity contribution < 1.29 is 0 Å². The summed E-state index contributed by atoms with van der Waals surface area (Å²) in [5.41, 5.74) is 0. The van der Waals surface area contributed by atoms with E-state index in [2.05, 4.69) is 51.3 Å². The molecule has 0 rings (SSSR count). The molecule has 0 aliphatic rings. The molecule has 0 aliphatic carbocycles. The highest BCUT2D eigenvalue weighted by Crippen LogP contribution is 2.23. The fraction of sp³-hybridized carbons (Fsp3) is 0.905. The van der Waals surface area contributed by atoms with Crippen LogP contribution in [0, 0.1) is 0 Å². The van der Waals surface area contributed by atoms with Gasteiger partial charge in [-0.3, -0.25) is 0 Å². The lowest BCUT2D eigenvalue weighted by Crippen LogP contribution is -2.36. The first-order valence-electron chi connectivity index (χ1n) is 10.7. The number of rotatable bonds is 14. The SMILES string of the molecule is CCCCCCN(C(=S)SCSC(=S)N(CCCCCC)C(C)C)C(C)C. The Morgan fingerprint density at radius 2 is 1.04 bits per heavy atom. The summed E-state index contributed by atoms with van der Waals surface area (Å²) in [7, 11) is 0. The standard InChI is InChI=1S/C21H42N2S4/c1-7-9-11-13-15-22(18(3)4)20(24)26-17-27-21(25)23(19(5)6)16-14-12-10-8-2/h18-19H,7-17H2,1-6H3. The monoisotopic (exact) mass is 450 g/mol. The van der Waals surface area contributed by atoms with Gasteiger partial charge in [0.25, 0.3) is 0 Å². The van der Waals surface area contributed by atoms with Crippen molar-refractivity contribution in [3.63, 3.8) is 0 Å². The van der Waals surface area contributed by atoms with Crippen LogP contribution in [0.5, 0.6) is 0 Å². The molecule has 0 atom stereocenters. The van der Waals surface area contributed by atoms with Crippen LogP contribution in [0.15, 0.2) is 0 Å². The molecule has 0 radical (unpaired) electrons. The van der Waals surface area contributed by atoms with E-state index in [-0.39, 0.29) is 0 Å². The maximum atomic E-state index is 5.72. The Hall–Kier alpha value is 0.480. The smallest absolute Gasteiger partial charge is 0.137 e. The zero-order valence-corrected chi connectivity index (χ0v) is 21.7. The average Bonchev–Trinajstić information content (AvgIpc) is 2.60. The van der Waals surface area contributed by atoms with Crippen molar-refractivity contribution in [1.29, 1.82) is 0 Å². The maximum Gasteiger partial charge on any atom is 0.137 e. The molecule has 0 aromatic heterocycles. The van der Waals surface area contributed by atoms with Crippen LogP contribution in [0.2, 0.25) is 0 Å². The Morgan fingerprint density at radius 1 is 0.667 bits per heavy atom. The summed E-state index contributed by atoms with van der Waals surface area (Å²) in [5.74, 6) is 0. The van der Waals surface area contributed by atoms with Gasteiger partial charge in [-0.05, 0) is 40.5 Å². The normalized spacial score (nSPS) is 11.3. The first-order valence-corrected chi connectivity index (χ1v) is 13.5. The number of nitrogens with zero attached hydrogens (tertiary/aromatic N) is 2. The summed E-state index contributed by atoms with van der Waals surface area (Å²) in [6, 6.07) is 0.934. The zero-order chi connectivity index (χ0) is 20.7. The summed E-state index contributed by atoms with van der Waals surface area (Å²) >= 11 is 15.0. The van der Waals surface area contributed by atoms with Crippen molar-refractivity contribution in [2.24, 2.45) is 0 Å². The third-order valence-corrected chi connectivity index (χ3v) is 7.67. The fourth-order valence-corrected chi connectivity index (χ4v) is 6.28. The molecule has 0 saturated heterocycles. The van der Waals surface area contributed by atoms with Gasteiger partial charge in [0.05, 0.1) is 5.08 Å². The van der Waals surface area contributed by atoms with E-state index in [0.29, 0.717) is 12.1 Å². The van der Waals surface area contributed by atoms with Crippen LogP contribution >= 0.6 is 48.0 Å². The molecule has 0 fully saturated rings. The number of unbranched alkanes of at least 4 members (excludes halogenated alkanes) is 6. The predicted octanol–water partition coefficient (Wildman–Crippen LogP) is 7.56. The molecule has 0 aromatic rings. The van der Waals surface area contributed by atoms with E-state index in [1.165, 1.54) is 51.4 Å². The summed E-state index contributed by atoms with van der Waals surface area (Å²) in [4.78, 5) is 4.76. The lowest BCUT2D eigenvalue weighted by Gasteiger charge is -2.30. The van der Waals surface area contributed by atoms with Crippen molar-refractivity contribution in [3.05, 3.63) is 0 Å². The van der Waals surface area contributed by atoms with Gasteiger partial charge in [-0.2, -0.15) is 0 Å². The van der Waals surface area contributed by atoms with Gasteiger partial charge in [-0.15, -0.1) is 0 Å². The number of hydrogen-bond donors (Lipinski definition) is 0. The largest absolute Gasteiger partial charge is 0.355 e. The van der Waals surface area contributed by atoms with Crippen molar-refractivity contribution in [1.82, 2.24) is 9.80 Å². The second-order valence-corrected chi connectivity index (χ2v) is 11.2. The highest BCUT2D eigenvalue weighted by Gasteiger charge is 2.16. The summed E-state index contributed by atoms with van der Waals surface area (Å²) < 4.78 is 2.05. The minimum atomic E-state index is 0.467. The van der Waals surface area contributed by atoms with Crippen LogP contribution in [0.3, 0.4) is 0 Å². The molecule has 0 N–H and O–H groups in total. The molecule has 27 heavy (non-hydrogen) atoms. The molecule has 0 heterocycles. The summed E-state index contributed by atoms with van der Waals surface area (Å²) in [6.45, 7) is 15.6. The summed E-state index contributed by atoms with van der Waals surface area (Å²) in [5, 5.41) is 0.911. The first-order chi connectivity index (χ1) is 12.8. The zero-order valence-electron chi connectivity index (χ0n) is 18.5. The minimum absolute atomic E-state index is 0.467. The number of hydrogen-bond acceptors (Lipinski definition) is 4. The Morgan fingerprint density at radius 3 is 1.33 bits per heavy atom. The predicted molar refractivity (Wildman–Crippen MR) is 137 cm³/mol. The molecule has 0 spiro atoms. The minimum Gasteiger partial charge on any atom is -0.355 e. The van der Waals surface area contributed by atoms with Gasteiger partial charge in [-0.1, -0.05) is 100 Å². The highest BCUT2D eigenvalue weighted by molar-refractivity contribution is 8.35. The second-order valence-electron chi connectivity index (χ2n) is 7.63. The van der Waals surface area contributed by atoms with E-state index in [1.54, 1.807) is 23.5 Å². The van der Waals surface area contributed by atoms with E-state index in [9.17, 15) is 0 Å². The van der Waals surface area contributed by atoms with E-state index in [0.717, 1.165) is 26.8 Å². The molecule has 6 heteroatoms. The van der Waals surface area contributed by atoms with Crippen molar-refractivity contribution in [2.75, 3.05) is 18.2 Å². The van der Waals surface area contributed by atoms with Crippen LogP contribution in [-0.2, 0) is 0 Å². The van der Waals surface area contributed by atoms with Crippen molar-refractivity contribution >= 4 is 56.6 Å². The van der Waals surface area contributed by atoms with E-state index < -0.39 is 0 Å². The number of thioether (sulfide) groups is 2. The van der Waals surface area contributed by atoms with Crippen molar-refractivity contribution in [2.45, 2.75) is 105 Å². The highest BCUT2D eigenvalue weighted by atomic mass is 32.2. The van der Waals surface area contributed by atoms with Gasteiger partial charge in [0.15, 0.2) is 0 Å². The lowest BCUT2D eigenvalue weighted by atomic mass is 10.2.